The van der Waals surface area contributed by atoms with E-state index in [1.54, 1.807) is 6.07 Å². The third-order valence-corrected chi connectivity index (χ3v) is 2.52. The summed E-state index contributed by atoms with van der Waals surface area (Å²) in [6.45, 7) is 1.38. The second-order valence-electron chi connectivity index (χ2n) is 3.38. The Morgan fingerprint density at radius 3 is 2.88 bits per heavy atom. The minimum atomic E-state index is -1.10. The third-order valence-electron chi connectivity index (χ3n) is 2.30. The van der Waals surface area contributed by atoms with Crippen LogP contribution < -0.4 is 11.1 Å². The predicted molar refractivity (Wildman–Crippen MR) is 62.2 cm³/mol. The van der Waals surface area contributed by atoms with Gasteiger partial charge in [0.2, 0.25) is 0 Å². The summed E-state index contributed by atoms with van der Waals surface area (Å²) < 4.78 is 0. The fourth-order valence-electron chi connectivity index (χ4n) is 1.57. The van der Waals surface area contributed by atoms with Gasteiger partial charge >= 0.3 is 5.97 Å². The lowest BCUT2D eigenvalue weighted by Gasteiger charge is -2.09. The summed E-state index contributed by atoms with van der Waals surface area (Å²) in [6.07, 6.45) is 0. The second kappa shape index (κ2) is 4.02. The number of hydrogen-bond acceptors (Lipinski definition) is 4. The molecule has 1 heterocycles. The van der Waals surface area contributed by atoms with Crippen molar-refractivity contribution in [2.24, 2.45) is 4.99 Å². The van der Waals surface area contributed by atoms with Gasteiger partial charge in [0, 0.05) is 17.1 Å². The van der Waals surface area contributed by atoms with Crippen LogP contribution in [-0.2, 0) is 0 Å². The zero-order chi connectivity index (χ0) is 11.7. The summed E-state index contributed by atoms with van der Waals surface area (Å²) in [6, 6.07) is 2.94. The summed E-state index contributed by atoms with van der Waals surface area (Å²) in [5.74, 6) is -0.498. The van der Waals surface area contributed by atoms with Crippen LogP contribution in [0.1, 0.15) is 15.9 Å². The summed E-state index contributed by atoms with van der Waals surface area (Å²) in [4.78, 5) is 15.1. The SMILES string of the molecule is Nc1c(C(=O)O)cc(Cl)cc1C1=NCCN1. The summed E-state index contributed by atoms with van der Waals surface area (Å²) in [5.41, 5.74) is 6.50. The quantitative estimate of drug-likeness (QED) is 0.671. The maximum atomic E-state index is 10.9. The number of nitrogen functional groups attached to an aromatic ring is 1. The van der Waals surface area contributed by atoms with E-state index >= 15 is 0 Å². The molecular weight excluding hydrogens is 230 g/mol. The molecule has 0 spiro atoms. The Balaban J connectivity index is 2.57. The minimum absolute atomic E-state index is 0.00102. The summed E-state index contributed by atoms with van der Waals surface area (Å²) in [5, 5.41) is 12.3. The van der Waals surface area contributed by atoms with Gasteiger partial charge in [-0.1, -0.05) is 11.6 Å². The van der Waals surface area contributed by atoms with Crippen molar-refractivity contribution in [2.45, 2.75) is 0 Å². The summed E-state index contributed by atoms with van der Waals surface area (Å²) >= 11 is 5.84. The molecule has 6 heteroatoms. The van der Waals surface area contributed by atoms with E-state index in [9.17, 15) is 4.79 Å². The van der Waals surface area contributed by atoms with Crippen molar-refractivity contribution in [2.75, 3.05) is 18.8 Å². The Hall–Kier alpha value is -1.75. The number of anilines is 1. The number of rotatable bonds is 2. The van der Waals surface area contributed by atoms with Crippen molar-refractivity contribution < 1.29 is 9.90 Å². The molecule has 16 heavy (non-hydrogen) atoms. The molecule has 0 bridgehead atoms. The van der Waals surface area contributed by atoms with Gasteiger partial charge in [0.1, 0.15) is 5.84 Å². The molecule has 1 aliphatic rings. The van der Waals surface area contributed by atoms with Gasteiger partial charge in [-0.25, -0.2) is 4.79 Å². The van der Waals surface area contributed by atoms with Crippen molar-refractivity contribution in [1.29, 1.82) is 0 Å². The monoisotopic (exact) mass is 239 g/mol. The molecule has 0 fully saturated rings. The first-order valence-corrected chi connectivity index (χ1v) is 5.08. The van der Waals surface area contributed by atoms with E-state index in [1.165, 1.54) is 6.07 Å². The fourth-order valence-corrected chi connectivity index (χ4v) is 1.79. The highest BCUT2D eigenvalue weighted by Gasteiger charge is 2.18. The number of aromatic carboxylic acids is 1. The Labute approximate surface area is 96.9 Å². The highest BCUT2D eigenvalue weighted by molar-refractivity contribution is 6.31. The highest BCUT2D eigenvalue weighted by Crippen LogP contribution is 2.24. The lowest BCUT2D eigenvalue weighted by Crippen LogP contribution is -2.21. The predicted octanol–water partition coefficient (Wildman–Crippen LogP) is 0.970. The normalized spacial score (nSPS) is 14.4. The van der Waals surface area contributed by atoms with E-state index in [2.05, 4.69) is 10.3 Å². The first-order chi connectivity index (χ1) is 7.59. The molecule has 0 atom stereocenters. The van der Waals surface area contributed by atoms with E-state index in [0.717, 1.165) is 6.54 Å². The highest BCUT2D eigenvalue weighted by atomic mass is 35.5. The molecular formula is C10H10ClN3O2. The van der Waals surface area contributed by atoms with Crippen LogP contribution in [0.4, 0.5) is 5.69 Å². The number of nitrogens with one attached hydrogen (secondary N) is 1. The van der Waals surface area contributed by atoms with Gasteiger partial charge < -0.3 is 16.2 Å². The van der Waals surface area contributed by atoms with Gasteiger partial charge in [-0.15, -0.1) is 0 Å². The molecule has 0 unspecified atom stereocenters. The zero-order valence-corrected chi connectivity index (χ0v) is 9.08. The molecule has 1 aromatic carbocycles. The number of amidine groups is 1. The number of aliphatic imine (C=N–C) groups is 1. The standard InChI is InChI=1S/C10H10ClN3O2/c11-5-3-6(9-13-1-2-14-9)8(12)7(4-5)10(15)16/h3-4H,1-2,12H2,(H,13,14)(H,15,16). The average molecular weight is 240 g/mol. The van der Waals surface area contributed by atoms with Gasteiger partial charge in [0.05, 0.1) is 17.8 Å². The van der Waals surface area contributed by atoms with Crippen LogP contribution in [-0.4, -0.2) is 30.0 Å². The molecule has 0 saturated carbocycles. The van der Waals surface area contributed by atoms with Gasteiger partial charge in [0.25, 0.3) is 0 Å². The average Bonchev–Trinajstić information content (AvgIpc) is 2.73. The van der Waals surface area contributed by atoms with E-state index in [4.69, 9.17) is 22.4 Å². The van der Waals surface area contributed by atoms with Crippen LogP contribution in [0.25, 0.3) is 0 Å². The molecule has 4 N–H and O–H groups in total. The number of nitrogens with zero attached hydrogens (tertiary/aromatic N) is 1. The van der Waals surface area contributed by atoms with Crippen molar-refractivity contribution >= 4 is 29.1 Å². The topological polar surface area (TPSA) is 87.7 Å². The van der Waals surface area contributed by atoms with Gasteiger partial charge in [0.15, 0.2) is 0 Å². The third kappa shape index (κ3) is 1.81. The molecule has 5 nitrogen and oxygen atoms in total. The van der Waals surface area contributed by atoms with Crippen LogP contribution in [0.15, 0.2) is 17.1 Å². The van der Waals surface area contributed by atoms with E-state index in [1.807, 2.05) is 0 Å². The molecule has 0 radical (unpaired) electrons. The smallest absolute Gasteiger partial charge is 0.337 e. The fraction of sp³-hybridized carbons (Fsp3) is 0.200. The van der Waals surface area contributed by atoms with Crippen molar-refractivity contribution in [1.82, 2.24) is 5.32 Å². The maximum Gasteiger partial charge on any atom is 0.337 e. The molecule has 0 amide bonds. The molecule has 0 saturated heterocycles. The van der Waals surface area contributed by atoms with Crippen LogP contribution in [0.5, 0.6) is 0 Å². The molecule has 1 aromatic rings. The number of carbonyl (C=O) groups is 1. The minimum Gasteiger partial charge on any atom is -0.478 e. The first kappa shape index (κ1) is 10.8. The number of carboxylic acid groups (broad SMARTS) is 1. The number of benzene rings is 1. The zero-order valence-electron chi connectivity index (χ0n) is 8.33. The van der Waals surface area contributed by atoms with E-state index in [0.29, 0.717) is 23.0 Å². The molecule has 1 aliphatic heterocycles. The van der Waals surface area contributed by atoms with E-state index in [-0.39, 0.29) is 11.3 Å². The maximum absolute atomic E-state index is 10.9. The van der Waals surface area contributed by atoms with Crippen molar-refractivity contribution in [3.8, 4) is 0 Å². The number of carboxylic acids is 1. The van der Waals surface area contributed by atoms with Gasteiger partial charge in [-0.3, -0.25) is 4.99 Å². The van der Waals surface area contributed by atoms with Crippen LogP contribution >= 0.6 is 11.6 Å². The molecule has 2 rings (SSSR count). The first-order valence-electron chi connectivity index (χ1n) is 4.70. The largest absolute Gasteiger partial charge is 0.478 e. The number of hydrogen-bond donors (Lipinski definition) is 3. The van der Waals surface area contributed by atoms with Crippen LogP contribution in [0, 0.1) is 0 Å². The lowest BCUT2D eigenvalue weighted by atomic mass is 10.1. The van der Waals surface area contributed by atoms with E-state index < -0.39 is 5.97 Å². The number of nitrogens with two attached hydrogens (primary N) is 1. The Bertz CT molecular complexity index is 485. The Morgan fingerprint density at radius 1 is 1.56 bits per heavy atom. The van der Waals surface area contributed by atoms with Crippen LogP contribution in [0.3, 0.4) is 0 Å². The Morgan fingerprint density at radius 2 is 2.31 bits per heavy atom. The lowest BCUT2D eigenvalue weighted by molar-refractivity contribution is 0.0698. The molecule has 0 aromatic heterocycles. The number of halogens is 1. The summed E-state index contributed by atoms with van der Waals surface area (Å²) in [7, 11) is 0. The van der Waals surface area contributed by atoms with Crippen molar-refractivity contribution in [3.05, 3.63) is 28.3 Å². The Kier molecular flexibility index (Phi) is 2.70. The second-order valence-corrected chi connectivity index (χ2v) is 3.81. The van der Waals surface area contributed by atoms with Gasteiger partial charge in [-0.05, 0) is 12.1 Å². The molecule has 84 valence electrons. The van der Waals surface area contributed by atoms with Crippen molar-refractivity contribution in [3.63, 3.8) is 0 Å². The van der Waals surface area contributed by atoms with Gasteiger partial charge in [-0.2, -0.15) is 0 Å². The molecule has 0 aliphatic carbocycles. The van der Waals surface area contributed by atoms with Crippen LogP contribution in [0.2, 0.25) is 5.02 Å².